The van der Waals surface area contributed by atoms with Gasteiger partial charge in [-0.25, -0.2) is 0 Å². The number of benzene rings is 11. The van der Waals surface area contributed by atoms with Crippen LogP contribution in [0.5, 0.6) is 11.5 Å². The lowest BCUT2D eigenvalue weighted by Crippen LogP contribution is -2.28. The molecule has 0 spiro atoms. The normalized spacial score (nSPS) is 13.6. The van der Waals surface area contributed by atoms with Gasteiger partial charge >= 0.3 is 0 Å². The molecule has 0 saturated carbocycles. The molecular weight excluding hydrogens is 847 g/mol. The summed E-state index contributed by atoms with van der Waals surface area (Å²) in [5.41, 5.74) is 19.6. The van der Waals surface area contributed by atoms with Gasteiger partial charge in [-0.05, 0) is 109 Å². The number of rotatable bonds is 8. The maximum Gasteiger partial charge on any atom is 0.139 e. The minimum atomic E-state index is -0.485. The molecular formula is C68H49NO. The molecule has 11 aromatic rings. The molecule has 2 aliphatic rings. The lowest BCUT2D eigenvalue weighted by molar-refractivity contribution is 0.419. The van der Waals surface area contributed by atoms with E-state index >= 15 is 0 Å². The molecule has 2 nitrogen and oxygen atoms in total. The van der Waals surface area contributed by atoms with E-state index in [1.165, 1.54) is 77.5 Å². The van der Waals surface area contributed by atoms with Gasteiger partial charge in [0.2, 0.25) is 0 Å². The lowest BCUT2D eigenvalue weighted by Gasteiger charge is -2.35. The Morgan fingerprint density at radius 1 is 0.329 bits per heavy atom. The van der Waals surface area contributed by atoms with Gasteiger partial charge in [-0.3, -0.25) is 0 Å². The maximum atomic E-state index is 6.75. The molecule has 1 aliphatic heterocycles. The van der Waals surface area contributed by atoms with Crippen molar-refractivity contribution in [3.63, 3.8) is 0 Å². The Labute approximate surface area is 410 Å². The average Bonchev–Trinajstić information content (AvgIpc) is 3.72. The molecule has 0 unspecified atom stereocenters. The van der Waals surface area contributed by atoms with Crippen molar-refractivity contribution >= 4 is 27.8 Å². The van der Waals surface area contributed by atoms with Gasteiger partial charge in [0.15, 0.2) is 0 Å². The van der Waals surface area contributed by atoms with Crippen LogP contribution in [0, 0.1) is 0 Å². The van der Waals surface area contributed by atoms with Crippen molar-refractivity contribution in [2.75, 3.05) is 4.90 Å². The van der Waals surface area contributed by atoms with Crippen molar-refractivity contribution in [1.29, 1.82) is 0 Å². The Bertz CT molecular complexity index is 3700. The zero-order valence-corrected chi connectivity index (χ0v) is 39.2. The summed E-state index contributed by atoms with van der Waals surface area (Å²) < 4.78 is 6.75. The van der Waals surface area contributed by atoms with Crippen LogP contribution in [0.1, 0.15) is 47.2 Å². The van der Waals surface area contributed by atoms with E-state index in [1.54, 1.807) is 0 Å². The van der Waals surface area contributed by atoms with E-state index < -0.39 is 5.41 Å². The van der Waals surface area contributed by atoms with E-state index in [-0.39, 0.29) is 5.41 Å². The second-order valence-corrected chi connectivity index (χ2v) is 19.2. The van der Waals surface area contributed by atoms with Gasteiger partial charge in [-0.2, -0.15) is 0 Å². The van der Waals surface area contributed by atoms with E-state index in [2.05, 4.69) is 280 Å². The van der Waals surface area contributed by atoms with Gasteiger partial charge < -0.3 is 9.64 Å². The SMILES string of the molecule is CC1(C)c2ccccc2Oc2c(-c3ccc(N(c4ccc(-c5ccccc5)cc4)c4ccc(-c5ccc6c(c5)C(c5ccccc5)(c5ccccc5)c5ccccc5-6)c5ccccc45)cc3)cccc21. The number of para-hydroxylation sites is 2. The third-order valence-corrected chi connectivity index (χ3v) is 15.0. The second kappa shape index (κ2) is 16.5. The Balaban J connectivity index is 0.958. The number of hydrogen-bond acceptors (Lipinski definition) is 2. The summed E-state index contributed by atoms with van der Waals surface area (Å²) in [5.74, 6) is 1.84. The molecule has 332 valence electrons. The maximum absolute atomic E-state index is 6.75. The topological polar surface area (TPSA) is 12.5 Å². The average molecular weight is 896 g/mol. The highest BCUT2D eigenvalue weighted by molar-refractivity contribution is 6.07. The van der Waals surface area contributed by atoms with Crippen LogP contribution >= 0.6 is 0 Å². The molecule has 0 saturated heterocycles. The second-order valence-electron chi connectivity index (χ2n) is 19.2. The van der Waals surface area contributed by atoms with E-state index in [9.17, 15) is 0 Å². The van der Waals surface area contributed by atoms with Crippen molar-refractivity contribution in [1.82, 2.24) is 0 Å². The summed E-state index contributed by atoms with van der Waals surface area (Å²) in [7, 11) is 0. The molecule has 13 rings (SSSR count). The largest absolute Gasteiger partial charge is 0.456 e. The fourth-order valence-corrected chi connectivity index (χ4v) is 11.7. The van der Waals surface area contributed by atoms with Gasteiger partial charge in [-0.15, -0.1) is 0 Å². The zero-order chi connectivity index (χ0) is 46.8. The molecule has 2 heteroatoms. The summed E-state index contributed by atoms with van der Waals surface area (Å²) >= 11 is 0. The summed E-state index contributed by atoms with van der Waals surface area (Å²) in [6.45, 7) is 4.59. The first kappa shape index (κ1) is 41.5. The van der Waals surface area contributed by atoms with Crippen LogP contribution in [0.3, 0.4) is 0 Å². The molecule has 11 aromatic carbocycles. The van der Waals surface area contributed by atoms with Crippen LogP contribution in [0.4, 0.5) is 17.1 Å². The monoisotopic (exact) mass is 895 g/mol. The zero-order valence-electron chi connectivity index (χ0n) is 39.2. The molecule has 0 atom stereocenters. The Kier molecular flexibility index (Phi) is 9.78. The highest BCUT2D eigenvalue weighted by atomic mass is 16.5. The lowest BCUT2D eigenvalue weighted by atomic mass is 9.67. The van der Waals surface area contributed by atoms with Gasteiger partial charge in [0, 0.05) is 38.9 Å². The molecule has 0 N–H and O–H groups in total. The third kappa shape index (κ3) is 6.48. The van der Waals surface area contributed by atoms with Crippen LogP contribution in [-0.4, -0.2) is 0 Å². The van der Waals surface area contributed by atoms with Crippen LogP contribution in [-0.2, 0) is 10.8 Å². The Morgan fingerprint density at radius 2 is 0.829 bits per heavy atom. The number of nitrogens with zero attached hydrogens (tertiary/aromatic N) is 1. The first-order valence-corrected chi connectivity index (χ1v) is 24.3. The fraction of sp³-hybridized carbons (Fsp3) is 0.0588. The molecule has 0 amide bonds. The number of hydrogen-bond donors (Lipinski definition) is 0. The molecule has 1 heterocycles. The van der Waals surface area contributed by atoms with Crippen molar-refractivity contribution in [2.45, 2.75) is 24.7 Å². The molecule has 1 aliphatic carbocycles. The molecule has 0 bridgehead atoms. The van der Waals surface area contributed by atoms with Gasteiger partial charge in [-0.1, -0.05) is 232 Å². The van der Waals surface area contributed by atoms with Crippen LogP contribution < -0.4 is 9.64 Å². The van der Waals surface area contributed by atoms with Crippen molar-refractivity contribution in [3.05, 3.63) is 294 Å². The number of ether oxygens (including phenoxy) is 1. The van der Waals surface area contributed by atoms with Crippen molar-refractivity contribution < 1.29 is 4.74 Å². The van der Waals surface area contributed by atoms with Crippen LogP contribution in [0.25, 0.3) is 55.3 Å². The third-order valence-electron chi connectivity index (χ3n) is 15.0. The number of fused-ring (bicyclic) bond motifs is 6. The van der Waals surface area contributed by atoms with E-state index in [0.29, 0.717) is 0 Å². The van der Waals surface area contributed by atoms with Crippen LogP contribution in [0.2, 0.25) is 0 Å². The Morgan fingerprint density at radius 3 is 1.53 bits per heavy atom. The molecule has 0 aromatic heterocycles. The van der Waals surface area contributed by atoms with Gasteiger partial charge in [0.25, 0.3) is 0 Å². The van der Waals surface area contributed by atoms with E-state index in [0.717, 1.165) is 39.7 Å². The summed E-state index contributed by atoms with van der Waals surface area (Å²) in [6, 6.07) is 95.4. The van der Waals surface area contributed by atoms with Crippen LogP contribution in [0.15, 0.2) is 261 Å². The predicted molar refractivity (Wildman–Crippen MR) is 291 cm³/mol. The highest BCUT2D eigenvalue weighted by Crippen LogP contribution is 2.57. The summed E-state index contributed by atoms with van der Waals surface area (Å²) in [4.78, 5) is 2.41. The minimum Gasteiger partial charge on any atom is -0.456 e. The molecule has 0 fully saturated rings. The molecule has 0 radical (unpaired) electrons. The number of anilines is 3. The van der Waals surface area contributed by atoms with E-state index in [4.69, 9.17) is 4.74 Å². The first-order chi connectivity index (χ1) is 34.5. The van der Waals surface area contributed by atoms with Gasteiger partial charge in [0.1, 0.15) is 11.5 Å². The summed E-state index contributed by atoms with van der Waals surface area (Å²) in [5, 5.41) is 2.36. The smallest absolute Gasteiger partial charge is 0.139 e. The Hall–Kier alpha value is -8.72. The minimum absolute atomic E-state index is 0.201. The standard InChI is InChI=1S/C68H49NO/c1-67(2)61-30-16-17-32-65(61)70-66-55(28-18-31-62(66)67)48-35-40-53(41-36-48)69(52-38-33-47(34-39-52)46-19-6-3-7-20-46)64-44-43-54(56-25-12-13-27-59(56)64)49-37-42-58-57-26-14-15-29-60(57)68(63(58)45-49,50-21-8-4-9-22-50)51-23-10-5-11-24-51/h3-45H,1-2H3. The fourth-order valence-electron chi connectivity index (χ4n) is 11.7. The van der Waals surface area contributed by atoms with Crippen molar-refractivity contribution in [3.8, 4) is 56.0 Å². The predicted octanol–water partition coefficient (Wildman–Crippen LogP) is 18.1. The first-order valence-electron chi connectivity index (χ1n) is 24.3. The highest BCUT2D eigenvalue weighted by Gasteiger charge is 2.46. The quantitative estimate of drug-likeness (QED) is 0.151. The van der Waals surface area contributed by atoms with E-state index in [1.807, 2.05) is 0 Å². The summed E-state index contributed by atoms with van der Waals surface area (Å²) in [6.07, 6.45) is 0. The van der Waals surface area contributed by atoms with Crippen molar-refractivity contribution in [2.24, 2.45) is 0 Å². The molecule has 70 heavy (non-hydrogen) atoms. The van der Waals surface area contributed by atoms with Gasteiger partial charge in [0.05, 0.1) is 11.1 Å².